The summed E-state index contributed by atoms with van der Waals surface area (Å²) >= 11 is 9.30. The smallest absolute Gasteiger partial charge is 0.247 e. The first-order valence-corrected chi connectivity index (χ1v) is 7.13. The van der Waals surface area contributed by atoms with Crippen molar-refractivity contribution in [2.75, 3.05) is 11.4 Å². The minimum absolute atomic E-state index is 0.0202. The minimum atomic E-state index is -0.501. The molecule has 2 amide bonds. The number of nitrogens with one attached hydrogen (secondary N) is 1. The van der Waals surface area contributed by atoms with Crippen LogP contribution in [0, 0.1) is 5.92 Å². The average molecular weight is 346 g/mol. The number of hydrogen-bond donors (Lipinski definition) is 1. The summed E-state index contributed by atoms with van der Waals surface area (Å²) in [7, 11) is 0. The summed E-state index contributed by atoms with van der Waals surface area (Å²) in [4.78, 5) is 25.7. The Morgan fingerprint density at radius 2 is 2.11 bits per heavy atom. The van der Waals surface area contributed by atoms with Gasteiger partial charge in [0.1, 0.15) is 6.04 Å². The van der Waals surface area contributed by atoms with Gasteiger partial charge < -0.3 is 5.32 Å². The molecule has 1 atom stereocenters. The maximum Gasteiger partial charge on any atom is 0.247 e. The Morgan fingerprint density at radius 1 is 1.42 bits per heavy atom. The highest BCUT2D eigenvalue weighted by atomic mass is 79.9. The van der Waals surface area contributed by atoms with E-state index in [4.69, 9.17) is 11.6 Å². The van der Waals surface area contributed by atoms with E-state index in [9.17, 15) is 9.59 Å². The molecule has 6 heteroatoms. The molecule has 1 N–H and O–H groups in total. The second-order valence-corrected chi connectivity index (χ2v) is 6.06. The first kappa shape index (κ1) is 14.3. The van der Waals surface area contributed by atoms with E-state index in [2.05, 4.69) is 21.2 Å². The summed E-state index contributed by atoms with van der Waals surface area (Å²) in [6.07, 6.45) is 0. The number of rotatable bonds is 2. The fourth-order valence-corrected chi connectivity index (χ4v) is 3.06. The third kappa shape index (κ3) is 2.77. The SMILES string of the molecule is CC(C)C1C(=O)NCC(=O)N1c1ccc(Cl)cc1Br. The quantitative estimate of drug-likeness (QED) is 0.895. The highest BCUT2D eigenvalue weighted by Gasteiger charge is 2.38. The highest BCUT2D eigenvalue weighted by Crippen LogP contribution is 2.32. The number of anilines is 1. The zero-order valence-corrected chi connectivity index (χ0v) is 13.0. The Balaban J connectivity index is 2.48. The lowest BCUT2D eigenvalue weighted by atomic mass is 9.98. The molecule has 0 saturated carbocycles. The summed E-state index contributed by atoms with van der Waals surface area (Å²) in [6.45, 7) is 3.86. The Labute approximate surface area is 125 Å². The van der Waals surface area contributed by atoms with Crippen molar-refractivity contribution in [1.82, 2.24) is 5.32 Å². The predicted octanol–water partition coefficient (Wildman–Crippen LogP) is 2.59. The third-order valence-corrected chi connectivity index (χ3v) is 3.90. The van der Waals surface area contributed by atoms with Gasteiger partial charge in [-0.2, -0.15) is 0 Å². The third-order valence-electron chi connectivity index (χ3n) is 3.03. The molecule has 1 aromatic carbocycles. The van der Waals surface area contributed by atoms with Crippen molar-refractivity contribution in [3.05, 3.63) is 27.7 Å². The zero-order valence-electron chi connectivity index (χ0n) is 10.6. The van der Waals surface area contributed by atoms with Crippen molar-refractivity contribution in [2.24, 2.45) is 5.92 Å². The molecule has 0 radical (unpaired) electrons. The van der Waals surface area contributed by atoms with E-state index in [1.807, 2.05) is 13.8 Å². The van der Waals surface area contributed by atoms with Crippen LogP contribution in [-0.4, -0.2) is 24.4 Å². The number of carbonyl (C=O) groups is 2. The van der Waals surface area contributed by atoms with Gasteiger partial charge in [0.25, 0.3) is 0 Å². The van der Waals surface area contributed by atoms with Gasteiger partial charge in [-0.05, 0) is 40.0 Å². The van der Waals surface area contributed by atoms with Crippen molar-refractivity contribution in [3.8, 4) is 0 Å². The number of amides is 2. The monoisotopic (exact) mass is 344 g/mol. The van der Waals surface area contributed by atoms with Gasteiger partial charge in [-0.25, -0.2) is 0 Å². The van der Waals surface area contributed by atoms with Crippen LogP contribution in [0.15, 0.2) is 22.7 Å². The van der Waals surface area contributed by atoms with E-state index in [0.29, 0.717) is 15.2 Å². The number of benzene rings is 1. The summed E-state index contributed by atoms with van der Waals surface area (Å²) in [6, 6.07) is 4.67. The molecule has 102 valence electrons. The fourth-order valence-electron chi connectivity index (χ4n) is 2.19. The molecule has 0 aliphatic carbocycles. The zero-order chi connectivity index (χ0) is 14.2. The number of piperazine rings is 1. The molecule has 1 saturated heterocycles. The molecule has 1 fully saturated rings. The standard InChI is InChI=1S/C13H14BrClN2O2/c1-7(2)12-13(19)16-6-11(18)17(12)10-4-3-8(15)5-9(10)14/h3-5,7,12H,6H2,1-2H3,(H,16,19). The van der Waals surface area contributed by atoms with Gasteiger partial charge in [-0.15, -0.1) is 0 Å². The summed E-state index contributed by atoms with van der Waals surface area (Å²) in [5, 5.41) is 3.20. The van der Waals surface area contributed by atoms with E-state index in [1.165, 1.54) is 0 Å². The number of hydrogen-bond acceptors (Lipinski definition) is 2. The Hall–Kier alpha value is -1.07. The van der Waals surface area contributed by atoms with Crippen LogP contribution in [0.2, 0.25) is 5.02 Å². The van der Waals surface area contributed by atoms with Gasteiger partial charge in [0, 0.05) is 9.50 Å². The molecule has 1 heterocycles. The highest BCUT2D eigenvalue weighted by molar-refractivity contribution is 9.10. The first-order chi connectivity index (χ1) is 8.91. The molecule has 1 aliphatic heterocycles. The lowest BCUT2D eigenvalue weighted by Crippen LogP contribution is -2.60. The fraction of sp³-hybridized carbons (Fsp3) is 0.385. The number of nitrogens with zero attached hydrogens (tertiary/aromatic N) is 1. The van der Waals surface area contributed by atoms with Gasteiger partial charge >= 0.3 is 0 Å². The largest absolute Gasteiger partial charge is 0.345 e. The van der Waals surface area contributed by atoms with Crippen LogP contribution in [0.1, 0.15) is 13.8 Å². The maximum atomic E-state index is 12.1. The number of halogens is 2. The van der Waals surface area contributed by atoms with Crippen LogP contribution in [0.4, 0.5) is 5.69 Å². The molecule has 1 aliphatic rings. The van der Waals surface area contributed by atoms with Crippen LogP contribution in [0.25, 0.3) is 0 Å². The molecular formula is C13H14BrClN2O2. The summed E-state index contributed by atoms with van der Waals surface area (Å²) in [5.74, 6) is -0.232. The lowest BCUT2D eigenvalue weighted by molar-refractivity contribution is -0.131. The van der Waals surface area contributed by atoms with Crippen LogP contribution in [0.3, 0.4) is 0 Å². The molecular weight excluding hydrogens is 332 g/mol. The predicted molar refractivity (Wildman–Crippen MR) is 78.3 cm³/mol. The average Bonchev–Trinajstić information content (AvgIpc) is 2.32. The molecule has 0 spiro atoms. The lowest BCUT2D eigenvalue weighted by Gasteiger charge is -2.37. The van der Waals surface area contributed by atoms with Crippen LogP contribution >= 0.6 is 27.5 Å². The van der Waals surface area contributed by atoms with E-state index in [1.54, 1.807) is 23.1 Å². The topological polar surface area (TPSA) is 49.4 Å². The van der Waals surface area contributed by atoms with Crippen LogP contribution in [0.5, 0.6) is 0 Å². The van der Waals surface area contributed by atoms with Crippen molar-refractivity contribution in [3.63, 3.8) is 0 Å². The molecule has 0 aromatic heterocycles. The summed E-state index contributed by atoms with van der Waals surface area (Å²) in [5.41, 5.74) is 0.669. The van der Waals surface area contributed by atoms with Gasteiger partial charge in [-0.3, -0.25) is 14.5 Å². The van der Waals surface area contributed by atoms with Crippen molar-refractivity contribution in [2.45, 2.75) is 19.9 Å². The molecule has 2 rings (SSSR count). The molecule has 1 aromatic rings. The van der Waals surface area contributed by atoms with Crippen LogP contribution in [-0.2, 0) is 9.59 Å². The Morgan fingerprint density at radius 3 is 2.68 bits per heavy atom. The number of carbonyl (C=O) groups excluding carboxylic acids is 2. The van der Waals surface area contributed by atoms with E-state index < -0.39 is 6.04 Å². The van der Waals surface area contributed by atoms with Crippen LogP contribution < -0.4 is 10.2 Å². The Bertz CT molecular complexity index is 533. The van der Waals surface area contributed by atoms with Crippen molar-refractivity contribution in [1.29, 1.82) is 0 Å². The maximum absolute atomic E-state index is 12.1. The summed E-state index contributed by atoms with van der Waals surface area (Å²) < 4.78 is 0.703. The molecule has 1 unspecified atom stereocenters. The van der Waals surface area contributed by atoms with Crippen molar-refractivity contribution >= 4 is 45.0 Å². The molecule has 0 bridgehead atoms. The van der Waals surface area contributed by atoms with E-state index in [-0.39, 0.29) is 24.3 Å². The van der Waals surface area contributed by atoms with E-state index >= 15 is 0 Å². The molecule has 4 nitrogen and oxygen atoms in total. The second-order valence-electron chi connectivity index (χ2n) is 4.77. The van der Waals surface area contributed by atoms with Gasteiger partial charge in [-0.1, -0.05) is 25.4 Å². The van der Waals surface area contributed by atoms with E-state index in [0.717, 1.165) is 0 Å². The van der Waals surface area contributed by atoms with Gasteiger partial charge in [0.15, 0.2) is 0 Å². The Kier molecular flexibility index (Phi) is 4.16. The normalized spacial score (nSPS) is 19.8. The molecule has 19 heavy (non-hydrogen) atoms. The second kappa shape index (κ2) is 5.51. The van der Waals surface area contributed by atoms with Crippen molar-refractivity contribution < 1.29 is 9.59 Å². The first-order valence-electron chi connectivity index (χ1n) is 5.96. The van der Waals surface area contributed by atoms with Gasteiger partial charge in [0.05, 0.1) is 12.2 Å². The van der Waals surface area contributed by atoms with Gasteiger partial charge in [0.2, 0.25) is 11.8 Å². The minimum Gasteiger partial charge on any atom is -0.345 e.